The second-order valence-electron chi connectivity index (χ2n) is 8.47. The van der Waals surface area contributed by atoms with Crippen molar-refractivity contribution in [3.8, 4) is 5.75 Å². The molecule has 2 aromatic rings. The van der Waals surface area contributed by atoms with E-state index < -0.39 is 11.6 Å². The summed E-state index contributed by atoms with van der Waals surface area (Å²) in [5.74, 6) is 0.707. The third-order valence-electron chi connectivity index (χ3n) is 6.58. The molecule has 3 fully saturated rings. The van der Waals surface area contributed by atoms with Gasteiger partial charge in [0.2, 0.25) is 0 Å². The second kappa shape index (κ2) is 8.92. The number of aliphatic hydroxyl groups is 1. The highest BCUT2D eigenvalue weighted by Gasteiger charge is 2.50. The van der Waals surface area contributed by atoms with E-state index in [-0.39, 0.29) is 12.5 Å². The number of fused-ring (bicyclic) bond motifs is 3. The largest absolute Gasteiger partial charge is 0.488 e. The fourth-order valence-electron chi connectivity index (χ4n) is 4.79. The quantitative estimate of drug-likeness (QED) is 0.376. The second-order valence-corrected chi connectivity index (χ2v) is 9.42. The van der Waals surface area contributed by atoms with Crippen molar-refractivity contribution in [3.05, 3.63) is 65.4 Å². The summed E-state index contributed by atoms with van der Waals surface area (Å²) in [7, 11) is 0. The van der Waals surface area contributed by atoms with Gasteiger partial charge in [-0.3, -0.25) is 0 Å². The molecule has 2 bridgehead atoms. The van der Waals surface area contributed by atoms with E-state index in [1.165, 1.54) is 11.3 Å². The lowest BCUT2D eigenvalue weighted by molar-refractivity contribution is -0.946. The Hall–Kier alpha value is -2.15. The van der Waals surface area contributed by atoms with E-state index in [4.69, 9.17) is 9.47 Å². The van der Waals surface area contributed by atoms with Crippen LogP contribution in [-0.4, -0.2) is 54.4 Å². The molecule has 160 valence electrons. The number of thiophene rings is 1. The molecule has 3 aliphatic heterocycles. The number of piperidine rings is 3. The number of carbonyl (C=O) groups is 1. The number of ether oxygens (including phenoxy) is 2. The minimum atomic E-state index is -1.65. The first-order valence-corrected chi connectivity index (χ1v) is 11.5. The maximum Gasteiger partial charge on any atom is 0.344 e. The molecule has 1 N–H and O–H groups in total. The van der Waals surface area contributed by atoms with Crippen LogP contribution in [-0.2, 0) is 15.1 Å². The zero-order valence-electron chi connectivity index (χ0n) is 17.2. The average Bonchev–Trinajstić information content (AvgIpc) is 3.31. The van der Waals surface area contributed by atoms with E-state index >= 15 is 0 Å². The van der Waals surface area contributed by atoms with Gasteiger partial charge >= 0.3 is 5.97 Å². The van der Waals surface area contributed by atoms with Crippen molar-refractivity contribution >= 4 is 17.3 Å². The Morgan fingerprint density at radius 2 is 2.00 bits per heavy atom. The Morgan fingerprint density at radius 3 is 2.67 bits per heavy atom. The monoisotopic (exact) mass is 428 g/mol. The summed E-state index contributed by atoms with van der Waals surface area (Å²) in [6.07, 6.45) is 3.65. The predicted molar refractivity (Wildman–Crippen MR) is 117 cm³/mol. The molecule has 0 amide bonds. The standard InChI is InChI=1S/C24H30NO4S/c1-2-12-24(27,22-9-6-17-30-22)23(26)29-21-18-25(13-10-19(21)11-14-25)15-16-28-20-7-4-3-5-8-20/h2-9,17,19,21,27H,1,10-16,18H2/q+1/t19?,21-,24?,25?/m1/s1. The van der Waals surface area contributed by atoms with Crippen LogP contribution in [0.3, 0.4) is 0 Å². The van der Waals surface area contributed by atoms with Gasteiger partial charge in [0.05, 0.1) is 13.1 Å². The highest BCUT2D eigenvalue weighted by molar-refractivity contribution is 7.10. The molecule has 30 heavy (non-hydrogen) atoms. The Bertz CT molecular complexity index is 845. The van der Waals surface area contributed by atoms with Crippen LogP contribution in [0, 0.1) is 5.92 Å². The lowest BCUT2D eigenvalue weighted by atomic mass is 9.83. The van der Waals surface area contributed by atoms with Gasteiger partial charge in [-0.1, -0.05) is 30.3 Å². The number of carbonyl (C=O) groups excluding carboxylic acids is 1. The molecule has 1 unspecified atom stereocenters. The molecule has 0 aliphatic carbocycles. The molecule has 5 nitrogen and oxygen atoms in total. The summed E-state index contributed by atoms with van der Waals surface area (Å²) in [5, 5.41) is 13.0. The van der Waals surface area contributed by atoms with Gasteiger partial charge in [-0.25, -0.2) is 4.79 Å². The fraction of sp³-hybridized carbons (Fsp3) is 0.458. The van der Waals surface area contributed by atoms with E-state index in [1.807, 2.05) is 41.8 Å². The Kier molecular flexibility index (Phi) is 6.27. The first kappa shape index (κ1) is 21.1. The third kappa shape index (κ3) is 4.31. The summed E-state index contributed by atoms with van der Waals surface area (Å²) in [4.78, 5) is 13.7. The van der Waals surface area contributed by atoms with Gasteiger partial charge in [0.1, 0.15) is 25.4 Å². The Morgan fingerprint density at radius 1 is 1.23 bits per heavy atom. The zero-order valence-corrected chi connectivity index (χ0v) is 18.1. The van der Waals surface area contributed by atoms with Crippen LogP contribution < -0.4 is 4.74 Å². The molecule has 2 atom stereocenters. The molecule has 5 rings (SSSR count). The number of benzene rings is 1. The first-order chi connectivity index (χ1) is 14.5. The predicted octanol–water partition coefficient (Wildman–Crippen LogP) is 3.74. The van der Waals surface area contributed by atoms with Crippen LogP contribution in [0.5, 0.6) is 5.75 Å². The zero-order chi connectivity index (χ0) is 21.0. The highest BCUT2D eigenvalue weighted by Crippen LogP contribution is 2.38. The van der Waals surface area contributed by atoms with E-state index in [0.717, 1.165) is 49.3 Å². The van der Waals surface area contributed by atoms with Gasteiger partial charge in [0, 0.05) is 30.1 Å². The SMILES string of the molecule is C=CCC(O)(C(=O)O[C@@H]1C[N+]2(CCOc3ccccc3)CCC1CC2)c1cccs1. The molecule has 0 radical (unpaired) electrons. The van der Waals surface area contributed by atoms with Crippen molar-refractivity contribution in [2.45, 2.75) is 31.0 Å². The van der Waals surface area contributed by atoms with Gasteiger partial charge in [-0.05, 0) is 23.6 Å². The van der Waals surface area contributed by atoms with E-state index in [0.29, 0.717) is 17.4 Å². The summed E-state index contributed by atoms with van der Waals surface area (Å²) >= 11 is 1.36. The van der Waals surface area contributed by atoms with Crippen LogP contribution in [0.4, 0.5) is 0 Å². The summed E-state index contributed by atoms with van der Waals surface area (Å²) in [5.41, 5.74) is -1.65. The van der Waals surface area contributed by atoms with E-state index in [1.54, 1.807) is 12.1 Å². The number of quaternary nitrogens is 1. The molecule has 1 aromatic carbocycles. The fourth-order valence-corrected chi connectivity index (χ4v) is 5.61. The van der Waals surface area contributed by atoms with Crippen molar-refractivity contribution in [1.29, 1.82) is 0 Å². The number of hydrogen-bond acceptors (Lipinski definition) is 5. The van der Waals surface area contributed by atoms with Gasteiger partial charge < -0.3 is 19.1 Å². The van der Waals surface area contributed by atoms with Crippen molar-refractivity contribution in [1.82, 2.24) is 0 Å². The van der Waals surface area contributed by atoms with Crippen LogP contribution >= 0.6 is 11.3 Å². The third-order valence-corrected chi connectivity index (χ3v) is 7.60. The molecule has 0 spiro atoms. The van der Waals surface area contributed by atoms with Crippen molar-refractivity contribution in [2.24, 2.45) is 5.92 Å². The summed E-state index contributed by atoms with van der Waals surface area (Å²) in [6, 6.07) is 13.5. The molecule has 4 heterocycles. The number of para-hydroxylation sites is 1. The molecule has 3 aliphatic rings. The van der Waals surface area contributed by atoms with E-state index in [9.17, 15) is 9.90 Å². The minimum absolute atomic E-state index is 0.147. The topological polar surface area (TPSA) is 55.8 Å². The normalized spacial score (nSPS) is 27.2. The van der Waals surface area contributed by atoms with Gasteiger partial charge in [-0.2, -0.15) is 0 Å². The van der Waals surface area contributed by atoms with Crippen molar-refractivity contribution in [3.63, 3.8) is 0 Å². The van der Waals surface area contributed by atoms with Crippen molar-refractivity contribution < 1.29 is 23.9 Å². The molecule has 1 aromatic heterocycles. The maximum atomic E-state index is 13.1. The maximum absolute atomic E-state index is 13.1. The number of nitrogens with zero attached hydrogens (tertiary/aromatic N) is 1. The van der Waals surface area contributed by atoms with Crippen LogP contribution in [0.2, 0.25) is 0 Å². The van der Waals surface area contributed by atoms with Crippen LogP contribution in [0.25, 0.3) is 0 Å². The van der Waals surface area contributed by atoms with Crippen molar-refractivity contribution in [2.75, 3.05) is 32.8 Å². The van der Waals surface area contributed by atoms with Crippen LogP contribution in [0.15, 0.2) is 60.5 Å². The average molecular weight is 429 g/mol. The Labute approximate surface area is 182 Å². The lowest BCUT2D eigenvalue weighted by Gasteiger charge is -2.52. The molecule has 3 saturated heterocycles. The smallest absolute Gasteiger partial charge is 0.344 e. The first-order valence-electron chi connectivity index (χ1n) is 10.7. The molecule has 0 saturated carbocycles. The molecular weight excluding hydrogens is 398 g/mol. The van der Waals surface area contributed by atoms with Gasteiger partial charge in [-0.15, -0.1) is 17.9 Å². The number of hydrogen-bond donors (Lipinski definition) is 1. The highest BCUT2D eigenvalue weighted by atomic mass is 32.1. The Balaban J connectivity index is 1.40. The van der Waals surface area contributed by atoms with Gasteiger partial charge in [0.25, 0.3) is 0 Å². The summed E-state index contributed by atoms with van der Waals surface area (Å²) < 4.78 is 12.8. The number of rotatable bonds is 9. The summed E-state index contributed by atoms with van der Waals surface area (Å²) in [6.45, 7) is 8.24. The lowest BCUT2D eigenvalue weighted by Crippen LogP contribution is -2.65. The van der Waals surface area contributed by atoms with E-state index in [2.05, 4.69) is 6.58 Å². The molecular formula is C24H30NO4S+. The molecule has 6 heteroatoms. The van der Waals surface area contributed by atoms with Crippen LogP contribution in [0.1, 0.15) is 24.1 Å². The van der Waals surface area contributed by atoms with Gasteiger partial charge in [0.15, 0.2) is 11.7 Å². The number of esters is 1. The minimum Gasteiger partial charge on any atom is -0.488 e.